The number of imidazole rings is 1. The Kier molecular flexibility index (Phi) is 8.88. The molecule has 0 amide bonds. The molecule has 0 saturated heterocycles. The van der Waals surface area contributed by atoms with Crippen LogP contribution in [0.4, 0.5) is 14.6 Å². The lowest BCUT2D eigenvalue weighted by Crippen LogP contribution is -2.31. The molecule has 208 valence electrons. The van der Waals surface area contributed by atoms with Crippen molar-refractivity contribution in [2.75, 3.05) is 11.9 Å². The SMILES string of the molecule is C=CNc1nc(-c2cccnc2CCC2CC2)n(Cc2ccc(C(C)(F)F)cc2)c1C(=C)N(CCC)C(C)C. The maximum atomic E-state index is 13.9. The standard InChI is InChI=1S/C32H41F2N5/c1-7-20-38(22(3)4)23(5)29-30(35-8-2)37-31(27-10-9-19-36-28(27)18-15-24-11-12-24)39(29)21-25-13-16-26(17-14-25)32(6,33)34/h8-10,13-14,16-17,19,22,24,35H,2,5,7,11-12,15,18,20-21H2,1,3-4,6H3. The average Bonchev–Trinajstić information content (AvgIpc) is 3.67. The van der Waals surface area contributed by atoms with Crippen LogP contribution in [0.1, 0.15) is 75.9 Å². The highest BCUT2D eigenvalue weighted by atomic mass is 19.3. The predicted octanol–water partition coefficient (Wildman–Crippen LogP) is 8.09. The van der Waals surface area contributed by atoms with Crippen LogP contribution < -0.4 is 5.32 Å². The van der Waals surface area contributed by atoms with Gasteiger partial charge in [-0.05, 0) is 62.9 Å². The smallest absolute Gasteiger partial charge is 0.270 e. The third-order valence-electron chi connectivity index (χ3n) is 7.33. The van der Waals surface area contributed by atoms with Crippen LogP contribution in [0.25, 0.3) is 17.1 Å². The van der Waals surface area contributed by atoms with Gasteiger partial charge in [0, 0.05) is 43.4 Å². The number of hydrogen-bond donors (Lipinski definition) is 1. The Labute approximate surface area is 231 Å². The molecule has 1 aromatic carbocycles. The third kappa shape index (κ3) is 6.75. The van der Waals surface area contributed by atoms with Crippen molar-refractivity contribution in [2.24, 2.45) is 5.92 Å². The van der Waals surface area contributed by atoms with E-state index in [0.29, 0.717) is 12.4 Å². The number of nitrogens with zero attached hydrogens (tertiary/aromatic N) is 4. The summed E-state index contributed by atoms with van der Waals surface area (Å²) in [4.78, 5) is 12.1. The molecule has 0 spiro atoms. The van der Waals surface area contributed by atoms with E-state index < -0.39 is 5.92 Å². The lowest BCUT2D eigenvalue weighted by Gasteiger charge is -2.31. The van der Waals surface area contributed by atoms with Crippen molar-refractivity contribution in [1.82, 2.24) is 19.4 Å². The average molecular weight is 534 g/mol. The Balaban J connectivity index is 1.86. The second-order valence-corrected chi connectivity index (χ2v) is 10.9. The van der Waals surface area contributed by atoms with Crippen LogP contribution >= 0.6 is 0 Å². The molecule has 1 aliphatic rings. The van der Waals surface area contributed by atoms with Crippen LogP contribution in [0.15, 0.2) is 62.0 Å². The number of halogens is 2. The first-order valence-corrected chi connectivity index (χ1v) is 14.0. The molecule has 0 aliphatic heterocycles. The molecule has 1 N–H and O–H groups in total. The zero-order chi connectivity index (χ0) is 28.2. The van der Waals surface area contributed by atoms with Crippen LogP contribution in [0.3, 0.4) is 0 Å². The second kappa shape index (κ2) is 12.1. The summed E-state index contributed by atoms with van der Waals surface area (Å²) in [6.45, 7) is 17.1. The topological polar surface area (TPSA) is 46.0 Å². The number of alkyl halides is 2. The lowest BCUT2D eigenvalue weighted by molar-refractivity contribution is 0.0174. The van der Waals surface area contributed by atoms with E-state index in [9.17, 15) is 8.78 Å². The number of pyridine rings is 1. The van der Waals surface area contributed by atoms with E-state index in [0.717, 1.165) is 72.7 Å². The summed E-state index contributed by atoms with van der Waals surface area (Å²) in [6.07, 6.45) is 9.04. The van der Waals surface area contributed by atoms with Gasteiger partial charge in [-0.25, -0.2) is 13.8 Å². The summed E-state index contributed by atoms with van der Waals surface area (Å²) < 4.78 is 30.0. The number of rotatable bonds is 14. The molecule has 2 heterocycles. The molecule has 2 aromatic heterocycles. The van der Waals surface area contributed by atoms with Gasteiger partial charge in [0.1, 0.15) is 11.5 Å². The number of aromatic nitrogens is 3. The highest BCUT2D eigenvalue weighted by molar-refractivity contribution is 5.75. The number of anilines is 1. The molecule has 4 rings (SSSR count). The summed E-state index contributed by atoms with van der Waals surface area (Å²) in [5.74, 6) is -0.653. The van der Waals surface area contributed by atoms with Gasteiger partial charge in [0.2, 0.25) is 0 Å². The Morgan fingerprint density at radius 2 is 1.95 bits per heavy atom. The second-order valence-electron chi connectivity index (χ2n) is 10.9. The molecule has 7 heteroatoms. The monoisotopic (exact) mass is 533 g/mol. The van der Waals surface area contributed by atoms with Gasteiger partial charge >= 0.3 is 0 Å². The Morgan fingerprint density at radius 3 is 2.54 bits per heavy atom. The minimum absolute atomic E-state index is 0.000647. The van der Waals surface area contributed by atoms with Crippen molar-refractivity contribution in [2.45, 2.75) is 78.3 Å². The van der Waals surface area contributed by atoms with Crippen molar-refractivity contribution in [3.05, 3.63) is 84.5 Å². The molecule has 1 saturated carbocycles. The number of hydrogen-bond acceptors (Lipinski definition) is 4. The molecule has 1 aliphatic carbocycles. The van der Waals surface area contributed by atoms with Crippen LogP contribution in [0.2, 0.25) is 0 Å². The van der Waals surface area contributed by atoms with Gasteiger partial charge in [-0.2, -0.15) is 0 Å². The molecule has 5 nitrogen and oxygen atoms in total. The van der Waals surface area contributed by atoms with Crippen molar-refractivity contribution in [1.29, 1.82) is 0 Å². The Hall–Kier alpha value is -3.48. The lowest BCUT2D eigenvalue weighted by atomic mass is 10.1. The number of nitrogens with one attached hydrogen (secondary N) is 1. The number of aryl methyl sites for hydroxylation is 1. The summed E-state index contributed by atoms with van der Waals surface area (Å²) in [7, 11) is 0. The minimum atomic E-state index is -2.89. The fourth-order valence-corrected chi connectivity index (χ4v) is 5.06. The third-order valence-corrected chi connectivity index (χ3v) is 7.33. The van der Waals surface area contributed by atoms with Crippen LogP contribution in [-0.4, -0.2) is 32.0 Å². The molecule has 39 heavy (non-hydrogen) atoms. The van der Waals surface area contributed by atoms with Crippen LogP contribution in [0, 0.1) is 5.92 Å². The zero-order valence-corrected chi connectivity index (χ0v) is 23.7. The maximum absolute atomic E-state index is 13.9. The summed E-state index contributed by atoms with van der Waals surface area (Å²) >= 11 is 0. The Bertz CT molecular complexity index is 1280. The van der Waals surface area contributed by atoms with E-state index in [1.165, 1.54) is 25.0 Å². The molecule has 3 aromatic rings. The molecule has 1 fully saturated rings. The number of benzene rings is 1. The van der Waals surface area contributed by atoms with E-state index in [2.05, 4.69) is 54.8 Å². The first kappa shape index (κ1) is 28.5. The van der Waals surface area contributed by atoms with Gasteiger partial charge in [0.05, 0.1) is 11.4 Å². The Morgan fingerprint density at radius 1 is 1.23 bits per heavy atom. The van der Waals surface area contributed by atoms with E-state index in [4.69, 9.17) is 9.97 Å². The summed E-state index contributed by atoms with van der Waals surface area (Å²) in [6, 6.07) is 10.8. The van der Waals surface area contributed by atoms with E-state index in [1.54, 1.807) is 18.3 Å². The highest BCUT2D eigenvalue weighted by Crippen LogP contribution is 2.37. The predicted molar refractivity (Wildman–Crippen MR) is 157 cm³/mol. The van der Waals surface area contributed by atoms with Crippen molar-refractivity contribution in [3.8, 4) is 11.4 Å². The zero-order valence-electron chi connectivity index (χ0n) is 23.7. The van der Waals surface area contributed by atoms with Crippen molar-refractivity contribution in [3.63, 3.8) is 0 Å². The summed E-state index contributed by atoms with van der Waals surface area (Å²) in [5.41, 5.74) is 4.61. The fraction of sp³-hybridized carbons (Fsp3) is 0.438. The molecular formula is C32H41F2N5. The normalized spacial score (nSPS) is 13.5. The molecule has 0 bridgehead atoms. The van der Waals surface area contributed by atoms with Gasteiger partial charge in [-0.3, -0.25) is 4.98 Å². The van der Waals surface area contributed by atoms with Crippen molar-refractivity contribution < 1.29 is 8.78 Å². The molecule has 0 radical (unpaired) electrons. The molecular weight excluding hydrogens is 492 g/mol. The maximum Gasteiger partial charge on any atom is 0.270 e. The largest absolute Gasteiger partial charge is 0.368 e. The van der Waals surface area contributed by atoms with Gasteiger partial charge in [0.15, 0.2) is 5.82 Å². The first-order valence-electron chi connectivity index (χ1n) is 14.0. The van der Waals surface area contributed by atoms with Gasteiger partial charge in [0.25, 0.3) is 5.92 Å². The fourth-order valence-electron chi connectivity index (χ4n) is 5.06. The highest BCUT2D eigenvalue weighted by Gasteiger charge is 2.28. The van der Waals surface area contributed by atoms with Crippen LogP contribution in [-0.2, 0) is 18.9 Å². The van der Waals surface area contributed by atoms with E-state index in [-0.39, 0.29) is 11.6 Å². The van der Waals surface area contributed by atoms with E-state index >= 15 is 0 Å². The minimum Gasteiger partial charge on any atom is -0.368 e. The van der Waals surface area contributed by atoms with Gasteiger partial charge in [-0.1, -0.05) is 57.2 Å². The quantitative estimate of drug-likeness (QED) is 0.227. The van der Waals surface area contributed by atoms with E-state index in [1.807, 2.05) is 12.3 Å². The summed E-state index contributed by atoms with van der Waals surface area (Å²) in [5, 5.41) is 3.24. The molecule has 0 atom stereocenters. The first-order chi connectivity index (χ1) is 18.6. The molecule has 0 unspecified atom stereocenters. The van der Waals surface area contributed by atoms with Gasteiger partial charge < -0.3 is 14.8 Å². The van der Waals surface area contributed by atoms with Gasteiger partial charge in [-0.15, -0.1) is 0 Å². The van der Waals surface area contributed by atoms with Crippen molar-refractivity contribution >= 4 is 11.5 Å². The van der Waals surface area contributed by atoms with Crippen LogP contribution in [0.5, 0.6) is 0 Å².